The smallest absolute Gasteiger partial charge is 0.224 e. The highest BCUT2D eigenvalue weighted by Gasteiger charge is 2.18. The highest BCUT2D eigenvalue weighted by Crippen LogP contribution is 2.25. The lowest BCUT2D eigenvalue weighted by Gasteiger charge is -2.17. The van der Waals surface area contributed by atoms with Crippen molar-refractivity contribution >= 4 is 23.1 Å². The van der Waals surface area contributed by atoms with E-state index in [1.807, 2.05) is 13.0 Å². The number of amides is 1. The Bertz CT molecular complexity index is 750. The van der Waals surface area contributed by atoms with Crippen molar-refractivity contribution in [3.05, 3.63) is 58.7 Å². The minimum absolute atomic E-state index is 0.0211. The maximum absolute atomic E-state index is 12.6. The molecule has 0 saturated carbocycles. The van der Waals surface area contributed by atoms with Crippen molar-refractivity contribution in [3.63, 3.8) is 0 Å². The van der Waals surface area contributed by atoms with Crippen LogP contribution in [-0.2, 0) is 11.2 Å². The van der Waals surface area contributed by atoms with E-state index >= 15 is 0 Å². The lowest BCUT2D eigenvalue weighted by molar-refractivity contribution is -0.116. The molecule has 0 spiro atoms. The molecule has 0 unspecified atom stereocenters. The fourth-order valence-electron chi connectivity index (χ4n) is 2.62. The average molecular weight is 280 g/mol. The molecule has 1 aliphatic rings. The molecule has 4 nitrogen and oxygen atoms in total. The predicted octanol–water partition coefficient (Wildman–Crippen LogP) is 2.69. The predicted molar refractivity (Wildman–Crippen MR) is 82.4 cm³/mol. The molecule has 1 heterocycles. The number of nitrogens with two attached hydrogens (primary N) is 1. The van der Waals surface area contributed by atoms with Gasteiger partial charge in [0.05, 0.1) is 0 Å². The third-order valence-corrected chi connectivity index (χ3v) is 3.76. The van der Waals surface area contributed by atoms with Crippen LogP contribution in [-0.4, -0.2) is 11.7 Å². The van der Waals surface area contributed by atoms with E-state index in [4.69, 9.17) is 5.73 Å². The molecule has 21 heavy (non-hydrogen) atoms. The molecule has 0 aromatic heterocycles. The van der Waals surface area contributed by atoms with E-state index in [1.54, 1.807) is 30.3 Å². The lowest BCUT2D eigenvalue weighted by atomic mass is 9.94. The maximum atomic E-state index is 12.6. The molecule has 0 saturated heterocycles. The van der Waals surface area contributed by atoms with Gasteiger partial charge in [0.2, 0.25) is 5.91 Å². The number of carbonyl (C=O) groups is 2. The fraction of sp³-hybridized carbons (Fsp3) is 0.176. The quantitative estimate of drug-likeness (QED) is 0.656. The average Bonchev–Trinajstić information content (AvgIpc) is 2.46. The molecule has 0 atom stereocenters. The van der Waals surface area contributed by atoms with Crippen LogP contribution < -0.4 is 11.1 Å². The molecule has 0 radical (unpaired) electrons. The van der Waals surface area contributed by atoms with Crippen LogP contribution in [0.2, 0.25) is 0 Å². The van der Waals surface area contributed by atoms with Crippen LogP contribution in [0.4, 0.5) is 11.4 Å². The second-order valence-corrected chi connectivity index (χ2v) is 5.32. The topological polar surface area (TPSA) is 72.2 Å². The maximum Gasteiger partial charge on any atom is 0.224 e. The number of carbonyl (C=O) groups excluding carboxylic acids is 2. The zero-order chi connectivity index (χ0) is 15.0. The summed E-state index contributed by atoms with van der Waals surface area (Å²) in [5.41, 5.74) is 10.3. The number of aryl methyl sites for hydroxylation is 2. The number of hydrogen-bond acceptors (Lipinski definition) is 3. The van der Waals surface area contributed by atoms with Crippen molar-refractivity contribution in [1.29, 1.82) is 0 Å². The third-order valence-electron chi connectivity index (χ3n) is 3.76. The van der Waals surface area contributed by atoms with Gasteiger partial charge in [0.1, 0.15) is 0 Å². The number of nitrogens with one attached hydrogen (secondary N) is 1. The van der Waals surface area contributed by atoms with Crippen LogP contribution in [0.1, 0.15) is 33.5 Å². The van der Waals surface area contributed by atoms with Crippen molar-refractivity contribution in [1.82, 2.24) is 0 Å². The Morgan fingerprint density at radius 1 is 1.14 bits per heavy atom. The number of ketones is 1. The summed E-state index contributed by atoms with van der Waals surface area (Å²) in [6, 6.07) is 10.7. The molecule has 2 aromatic rings. The first-order valence-corrected chi connectivity index (χ1v) is 6.88. The van der Waals surface area contributed by atoms with E-state index in [0.29, 0.717) is 29.7 Å². The van der Waals surface area contributed by atoms with Gasteiger partial charge in [0.15, 0.2) is 5.78 Å². The zero-order valence-electron chi connectivity index (χ0n) is 11.8. The van der Waals surface area contributed by atoms with Crippen molar-refractivity contribution in [2.45, 2.75) is 19.8 Å². The second kappa shape index (κ2) is 5.05. The van der Waals surface area contributed by atoms with Crippen LogP contribution >= 0.6 is 0 Å². The largest absolute Gasteiger partial charge is 0.399 e. The summed E-state index contributed by atoms with van der Waals surface area (Å²) < 4.78 is 0. The van der Waals surface area contributed by atoms with E-state index in [1.165, 1.54) is 0 Å². The molecule has 2 aromatic carbocycles. The Kier molecular flexibility index (Phi) is 3.22. The second-order valence-electron chi connectivity index (χ2n) is 5.32. The van der Waals surface area contributed by atoms with Crippen molar-refractivity contribution in [3.8, 4) is 0 Å². The summed E-state index contributed by atoms with van der Waals surface area (Å²) in [5, 5.41) is 2.82. The number of benzene rings is 2. The Labute approximate surface area is 123 Å². The summed E-state index contributed by atoms with van der Waals surface area (Å²) in [7, 11) is 0. The van der Waals surface area contributed by atoms with Crippen LogP contribution in [0.15, 0.2) is 36.4 Å². The van der Waals surface area contributed by atoms with Crippen LogP contribution in [0.5, 0.6) is 0 Å². The minimum atomic E-state index is -0.0211. The van der Waals surface area contributed by atoms with Gasteiger partial charge in [-0.25, -0.2) is 0 Å². The molecule has 0 fully saturated rings. The molecule has 0 bridgehead atoms. The number of hydrogen-bond donors (Lipinski definition) is 2. The van der Waals surface area contributed by atoms with Gasteiger partial charge >= 0.3 is 0 Å². The molecule has 3 rings (SSSR count). The van der Waals surface area contributed by atoms with Gasteiger partial charge in [0.25, 0.3) is 0 Å². The van der Waals surface area contributed by atoms with Gasteiger partial charge in [-0.15, -0.1) is 0 Å². The van der Waals surface area contributed by atoms with Crippen molar-refractivity contribution in [2.75, 3.05) is 11.1 Å². The Morgan fingerprint density at radius 2 is 1.95 bits per heavy atom. The van der Waals surface area contributed by atoms with Crippen LogP contribution in [0.3, 0.4) is 0 Å². The molecule has 0 aliphatic carbocycles. The summed E-state index contributed by atoms with van der Waals surface area (Å²) in [6.45, 7) is 1.88. The van der Waals surface area contributed by atoms with E-state index in [2.05, 4.69) is 5.32 Å². The monoisotopic (exact) mass is 280 g/mol. The number of nitrogen functional groups attached to an aromatic ring is 1. The number of anilines is 2. The molecule has 1 aliphatic heterocycles. The highest BCUT2D eigenvalue weighted by atomic mass is 16.1. The van der Waals surface area contributed by atoms with E-state index in [-0.39, 0.29) is 11.7 Å². The zero-order valence-corrected chi connectivity index (χ0v) is 11.8. The van der Waals surface area contributed by atoms with E-state index < -0.39 is 0 Å². The number of rotatable bonds is 2. The number of fused-ring (bicyclic) bond motifs is 1. The molecular weight excluding hydrogens is 264 g/mol. The molecule has 1 amide bonds. The fourth-order valence-corrected chi connectivity index (χ4v) is 2.62. The lowest BCUT2D eigenvalue weighted by Crippen LogP contribution is -2.19. The van der Waals surface area contributed by atoms with Gasteiger partial charge in [-0.05, 0) is 60.9 Å². The Hall–Kier alpha value is -2.62. The van der Waals surface area contributed by atoms with Crippen LogP contribution in [0, 0.1) is 6.92 Å². The minimum Gasteiger partial charge on any atom is -0.399 e. The SMILES string of the molecule is Cc1cc(N)ccc1C(=O)c1ccc2c(c1)CCC(=O)N2. The molecule has 3 N–H and O–H groups in total. The van der Waals surface area contributed by atoms with Crippen LogP contribution in [0.25, 0.3) is 0 Å². The first-order valence-electron chi connectivity index (χ1n) is 6.88. The van der Waals surface area contributed by atoms with Gasteiger partial charge in [-0.2, -0.15) is 0 Å². The van der Waals surface area contributed by atoms with Crippen molar-refractivity contribution in [2.24, 2.45) is 0 Å². The van der Waals surface area contributed by atoms with Gasteiger partial charge in [-0.3, -0.25) is 9.59 Å². The van der Waals surface area contributed by atoms with Gasteiger partial charge in [-0.1, -0.05) is 0 Å². The standard InChI is InChI=1S/C17H16N2O2/c1-10-8-13(18)4-5-14(10)17(21)12-2-6-15-11(9-12)3-7-16(20)19-15/h2,4-6,8-9H,3,7,18H2,1H3,(H,19,20). The van der Waals surface area contributed by atoms with E-state index in [9.17, 15) is 9.59 Å². The molecular formula is C17H16N2O2. The summed E-state index contributed by atoms with van der Waals surface area (Å²) in [6.07, 6.45) is 1.13. The first-order chi connectivity index (χ1) is 10.0. The van der Waals surface area contributed by atoms with E-state index in [0.717, 1.165) is 16.8 Å². The van der Waals surface area contributed by atoms with Gasteiger partial charge < -0.3 is 11.1 Å². The Morgan fingerprint density at radius 3 is 2.71 bits per heavy atom. The summed E-state index contributed by atoms with van der Waals surface area (Å²) >= 11 is 0. The van der Waals surface area contributed by atoms with Crippen molar-refractivity contribution < 1.29 is 9.59 Å². The Balaban J connectivity index is 1.97. The molecule has 4 heteroatoms. The third kappa shape index (κ3) is 2.52. The summed E-state index contributed by atoms with van der Waals surface area (Å²) in [4.78, 5) is 24.0. The summed E-state index contributed by atoms with van der Waals surface area (Å²) in [5.74, 6) is 0.00292. The highest BCUT2D eigenvalue weighted by molar-refractivity contribution is 6.10. The first kappa shape index (κ1) is 13.4. The molecule has 106 valence electrons. The normalized spacial score (nSPS) is 13.5. The van der Waals surface area contributed by atoms with Gasteiger partial charge in [0, 0.05) is 28.9 Å².